The van der Waals surface area contributed by atoms with Crippen LogP contribution in [0.15, 0.2) is 12.4 Å². The van der Waals surface area contributed by atoms with Crippen LogP contribution in [0.2, 0.25) is 0 Å². The van der Waals surface area contributed by atoms with E-state index in [2.05, 4.69) is 20.5 Å². The Morgan fingerprint density at radius 1 is 1.63 bits per heavy atom. The summed E-state index contributed by atoms with van der Waals surface area (Å²) in [5.74, 6) is 0.956. The van der Waals surface area contributed by atoms with Crippen molar-refractivity contribution in [3.63, 3.8) is 0 Å². The molecule has 1 aliphatic carbocycles. The Kier molecular flexibility index (Phi) is 2.73. The van der Waals surface area contributed by atoms with Gasteiger partial charge in [-0.1, -0.05) is 0 Å². The minimum atomic E-state index is -0.274. The molecule has 0 bridgehead atoms. The van der Waals surface area contributed by atoms with Gasteiger partial charge in [-0.2, -0.15) is 5.10 Å². The van der Waals surface area contributed by atoms with E-state index in [1.54, 1.807) is 6.20 Å². The number of amides is 1. The van der Waals surface area contributed by atoms with E-state index in [4.69, 9.17) is 5.73 Å². The molecule has 1 aliphatic rings. The Morgan fingerprint density at radius 2 is 2.42 bits per heavy atom. The van der Waals surface area contributed by atoms with E-state index >= 15 is 0 Å². The summed E-state index contributed by atoms with van der Waals surface area (Å²) in [4.78, 5) is 16.2. The largest absolute Gasteiger partial charge is 0.395 e. The van der Waals surface area contributed by atoms with Gasteiger partial charge in [-0.3, -0.25) is 9.89 Å². The van der Waals surface area contributed by atoms with Crippen LogP contribution in [-0.4, -0.2) is 25.7 Å². The molecular weight excluding hydrogens is 244 g/mol. The second-order valence-electron chi connectivity index (χ2n) is 4.81. The number of nitrogens with zero attached hydrogens (tertiary/aromatic N) is 3. The minimum Gasteiger partial charge on any atom is -0.395 e. The number of hydrogen-bond acceptors (Lipinski definition) is 4. The molecule has 1 fully saturated rings. The molecule has 0 aliphatic heterocycles. The number of imidazole rings is 1. The number of rotatable bonds is 4. The number of carbonyl (C=O) groups excluding carboxylic acids is 1. The van der Waals surface area contributed by atoms with Crippen LogP contribution in [0.1, 0.15) is 40.8 Å². The van der Waals surface area contributed by atoms with Gasteiger partial charge in [-0.25, -0.2) is 4.98 Å². The molecule has 4 N–H and O–H groups in total. The summed E-state index contributed by atoms with van der Waals surface area (Å²) >= 11 is 0. The summed E-state index contributed by atoms with van der Waals surface area (Å²) < 4.78 is 1.85. The molecule has 7 nitrogen and oxygen atoms in total. The first-order valence-corrected chi connectivity index (χ1v) is 6.25. The fraction of sp³-hybridized carbons (Fsp3) is 0.417. The molecule has 0 spiro atoms. The molecule has 100 valence electrons. The van der Waals surface area contributed by atoms with Crippen molar-refractivity contribution in [1.29, 1.82) is 0 Å². The standard InChI is InChI=1S/C12H16N6O/c1-18-5-4-14-8(18)6-15-12(19)11-9(13)10(16-17-11)7-2-3-7/h4-5,7H,2-3,6,13H2,1H3,(H,15,19)(H,16,17). The lowest BCUT2D eigenvalue weighted by Crippen LogP contribution is -2.25. The van der Waals surface area contributed by atoms with E-state index < -0.39 is 0 Å². The molecule has 0 aromatic carbocycles. The van der Waals surface area contributed by atoms with Crippen molar-refractivity contribution in [3.8, 4) is 0 Å². The van der Waals surface area contributed by atoms with Crippen molar-refractivity contribution in [2.75, 3.05) is 5.73 Å². The number of hydrogen-bond donors (Lipinski definition) is 3. The first kappa shape index (κ1) is 11.8. The van der Waals surface area contributed by atoms with Gasteiger partial charge in [0, 0.05) is 25.4 Å². The molecule has 7 heteroatoms. The van der Waals surface area contributed by atoms with Crippen LogP contribution in [0, 0.1) is 0 Å². The zero-order chi connectivity index (χ0) is 13.4. The van der Waals surface area contributed by atoms with Crippen LogP contribution < -0.4 is 11.1 Å². The number of aromatic amines is 1. The molecule has 0 atom stereocenters. The van der Waals surface area contributed by atoms with Gasteiger partial charge in [-0.05, 0) is 12.8 Å². The second-order valence-corrected chi connectivity index (χ2v) is 4.81. The van der Waals surface area contributed by atoms with Crippen molar-refractivity contribution >= 4 is 11.6 Å². The van der Waals surface area contributed by atoms with E-state index in [1.807, 2.05) is 17.8 Å². The maximum absolute atomic E-state index is 12.0. The predicted octanol–water partition coefficient (Wildman–Crippen LogP) is 0.533. The summed E-state index contributed by atoms with van der Waals surface area (Å²) in [5, 5.41) is 9.65. The molecule has 3 rings (SSSR count). The minimum absolute atomic E-state index is 0.274. The average Bonchev–Trinajstić information content (AvgIpc) is 3.04. The van der Waals surface area contributed by atoms with E-state index in [-0.39, 0.29) is 11.6 Å². The molecule has 1 amide bonds. The van der Waals surface area contributed by atoms with Gasteiger partial charge in [0.25, 0.3) is 5.91 Å². The summed E-state index contributed by atoms with van der Waals surface area (Å²) in [6.45, 7) is 0.355. The number of nitrogens with one attached hydrogen (secondary N) is 2. The topological polar surface area (TPSA) is 102 Å². The molecule has 0 unspecified atom stereocenters. The highest BCUT2D eigenvalue weighted by molar-refractivity contribution is 5.97. The zero-order valence-corrected chi connectivity index (χ0v) is 10.7. The Morgan fingerprint density at radius 3 is 3.05 bits per heavy atom. The molecule has 2 heterocycles. The van der Waals surface area contributed by atoms with E-state index in [1.165, 1.54) is 0 Å². The maximum Gasteiger partial charge on any atom is 0.274 e. The third kappa shape index (κ3) is 2.18. The van der Waals surface area contributed by atoms with Gasteiger partial charge in [0.15, 0.2) is 5.69 Å². The SMILES string of the molecule is Cn1ccnc1CNC(=O)c1n[nH]c(C2CC2)c1N. The van der Waals surface area contributed by atoms with Crippen LogP contribution in [0.5, 0.6) is 0 Å². The number of nitrogen functional groups attached to an aromatic ring is 1. The molecular formula is C12H16N6O. The Labute approximate surface area is 110 Å². The lowest BCUT2D eigenvalue weighted by atomic mass is 10.2. The predicted molar refractivity (Wildman–Crippen MR) is 69.4 cm³/mol. The highest BCUT2D eigenvalue weighted by atomic mass is 16.1. The van der Waals surface area contributed by atoms with Gasteiger partial charge in [0.05, 0.1) is 17.9 Å². The molecule has 2 aromatic rings. The smallest absolute Gasteiger partial charge is 0.274 e. The quantitative estimate of drug-likeness (QED) is 0.746. The van der Waals surface area contributed by atoms with Gasteiger partial charge in [0.1, 0.15) is 5.82 Å². The summed E-state index contributed by atoms with van der Waals surface area (Å²) in [7, 11) is 1.88. The van der Waals surface area contributed by atoms with E-state index in [0.29, 0.717) is 18.2 Å². The monoisotopic (exact) mass is 260 g/mol. The first-order chi connectivity index (χ1) is 9.16. The van der Waals surface area contributed by atoms with Crippen molar-refractivity contribution in [2.45, 2.75) is 25.3 Å². The third-order valence-corrected chi connectivity index (χ3v) is 3.36. The maximum atomic E-state index is 12.0. The zero-order valence-electron chi connectivity index (χ0n) is 10.7. The molecule has 2 aromatic heterocycles. The Bertz CT molecular complexity index is 610. The van der Waals surface area contributed by atoms with Gasteiger partial charge in [0.2, 0.25) is 0 Å². The van der Waals surface area contributed by atoms with Gasteiger partial charge >= 0.3 is 0 Å². The summed E-state index contributed by atoms with van der Waals surface area (Å²) in [5.41, 5.74) is 7.59. The van der Waals surface area contributed by atoms with Gasteiger partial charge < -0.3 is 15.6 Å². The van der Waals surface area contributed by atoms with Crippen molar-refractivity contribution in [3.05, 3.63) is 29.6 Å². The Hall–Kier alpha value is -2.31. The van der Waals surface area contributed by atoms with Crippen molar-refractivity contribution in [2.24, 2.45) is 7.05 Å². The highest BCUT2D eigenvalue weighted by Gasteiger charge is 2.30. The van der Waals surface area contributed by atoms with Crippen LogP contribution in [0.4, 0.5) is 5.69 Å². The number of aromatic nitrogens is 4. The molecule has 0 radical (unpaired) electrons. The molecule has 1 saturated carbocycles. The second kappa shape index (κ2) is 4.42. The summed E-state index contributed by atoms with van der Waals surface area (Å²) in [6.07, 6.45) is 5.74. The summed E-state index contributed by atoms with van der Waals surface area (Å²) in [6, 6.07) is 0. The first-order valence-electron chi connectivity index (χ1n) is 6.25. The van der Waals surface area contributed by atoms with Crippen LogP contribution >= 0.6 is 0 Å². The molecule has 0 saturated heterocycles. The molecule has 19 heavy (non-hydrogen) atoms. The Balaban J connectivity index is 1.68. The lowest BCUT2D eigenvalue weighted by molar-refractivity contribution is 0.0945. The average molecular weight is 260 g/mol. The van der Waals surface area contributed by atoms with Crippen LogP contribution in [-0.2, 0) is 13.6 Å². The number of nitrogens with two attached hydrogens (primary N) is 1. The number of anilines is 1. The van der Waals surface area contributed by atoms with Crippen LogP contribution in [0.25, 0.3) is 0 Å². The lowest BCUT2D eigenvalue weighted by Gasteiger charge is -2.04. The normalized spacial score (nSPS) is 14.6. The van der Waals surface area contributed by atoms with Crippen molar-refractivity contribution in [1.82, 2.24) is 25.1 Å². The van der Waals surface area contributed by atoms with E-state index in [9.17, 15) is 4.79 Å². The van der Waals surface area contributed by atoms with Gasteiger partial charge in [-0.15, -0.1) is 0 Å². The third-order valence-electron chi connectivity index (χ3n) is 3.36. The number of H-pyrrole nitrogens is 1. The van der Waals surface area contributed by atoms with E-state index in [0.717, 1.165) is 24.4 Å². The fourth-order valence-corrected chi connectivity index (χ4v) is 2.03. The number of carbonyl (C=O) groups is 1. The fourth-order valence-electron chi connectivity index (χ4n) is 2.03. The van der Waals surface area contributed by atoms with Crippen LogP contribution in [0.3, 0.4) is 0 Å². The highest BCUT2D eigenvalue weighted by Crippen LogP contribution is 2.42. The number of aryl methyl sites for hydroxylation is 1. The van der Waals surface area contributed by atoms with Crippen molar-refractivity contribution < 1.29 is 4.79 Å².